The van der Waals surface area contributed by atoms with E-state index in [4.69, 9.17) is 27.9 Å². The molecule has 3 nitrogen and oxygen atoms in total. The normalized spacial score (nSPS) is 12.9. The van der Waals surface area contributed by atoms with E-state index in [1.165, 1.54) is 0 Å². The Morgan fingerprint density at radius 1 is 1.54 bits per heavy atom. The maximum atomic E-state index is 5.82. The predicted octanol–water partition coefficient (Wildman–Crippen LogP) is 2.58. The highest BCUT2D eigenvalue weighted by atomic mass is 35.5. The summed E-state index contributed by atoms with van der Waals surface area (Å²) in [6.07, 6.45) is 0. The van der Waals surface area contributed by atoms with Gasteiger partial charge in [-0.3, -0.25) is 0 Å². The summed E-state index contributed by atoms with van der Waals surface area (Å²) in [5, 5.41) is 0.152. The molecule has 1 rings (SSSR count). The van der Waals surface area contributed by atoms with Gasteiger partial charge >= 0.3 is 0 Å². The molecule has 0 aliphatic carbocycles. The fraction of sp³-hybridized carbons (Fsp3) is 0.500. The Kier molecular flexibility index (Phi) is 3.90. The van der Waals surface area contributed by atoms with Crippen molar-refractivity contribution in [3.63, 3.8) is 0 Å². The first-order valence-corrected chi connectivity index (χ1v) is 4.61. The van der Waals surface area contributed by atoms with Crippen LogP contribution < -0.4 is 0 Å². The van der Waals surface area contributed by atoms with Crippen molar-refractivity contribution >= 4 is 23.2 Å². The maximum Gasteiger partial charge on any atom is 0.147 e. The van der Waals surface area contributed by atoms with E-state index in [1.54, 1.807) is 20.1 Å². The van der Waals surface area contributed by atoms with E-state index >= 15 is 0 Å². The Balaban J connectivity index is 2.96. The third-order valence-electron chi connectivity index (χ3n) is 1.41. The summed E-state index contributed by atoms with van der Waals surface area (Å²) < 4.78 is 4.93. The third-order valence-corrected chi connectivity index (χ3v) is 1.80. The van der Waals surface area contributed by atoms with E-state index in [2.05, 4.69) is 9.97 Å². The molecule has 1 unspecified atom stereocenters. The second-order valence-corrected chi connectivity index (χ2v) is 3.63. The molecule has 0 aliphatic heterocycles. The molecule has 13 heavy (non-hydrogen) atoms. The van der Waals surface area contributed by atoms with Gasteiger partial charge in [0.05, 0.1) is 17.7 Å². The van der Waals surface area contributed by atoms with Gasteiger partial charge in [-0.25, -0.2) is 9.97 Å². The van der Waals surface area contributed by atoms with Crippen LogP contribution in [0.2, 0.25) is 5.15 Å². The van der Waals surface area contributed by atoms with Crippen LogP contribution in [0.4, 0.5) is 0 Å². The summed E-state index contributed by atoms with van der Waals surface area (Å²) in [6, 6.07) is 1.66. The quantitative estimate of drug-likeness (QED) is 0.581. The van der Waals surface area contributed by atoms with E-state index in [1.807, 2.05) is 0 Å². The van der Waals surface area contributed by atoms with Crippen LogP contribution in [0.3, 0.4) is 0 Å². The Bertz CT molecular complexity index is 291. The third kappa shape index (κ3) is 3.10. The van der Waals surface area contributed by atoms with Crippen LogP contribution in [0.1, 0.15) is 23.8 Å². The highest BCUT2D eigenvalue weighted by molar-refractivity contribution is 6.29. The molecule has 0 bridgehead atoms. The lowest BCUT2D eigenvalue weighted by Crippen LogP contribution is -2.01. The number of halogens is 2. The summed E-state index contributed by atoms with van der Waals surface area (Å²) in [6.45, 7) is 2.21. The highest BCUT2D eigenvalue weighted by Crippen LogP contribution is 2.18. The van der Waals surface area contributed by atoms with Gasteiger partial charge in [-0.1, -0.05) is 11.6 Å². The fourth-order valence-electron chi connectivity index (χ4n) is 0.883. The van der Waals surface area contributed by atoms with Crippen molar-refractivity contribution in [2.75, 3.05) is 7.11 Å². The molecule has 72 valence electrons. The van der Waals surface area contributed by atoms with Gasteiger partial charge in [0, 0.05) is 7.11 Å². The number of ether oxygens (including phenoxy) is 1. The Morgan fingerprint density at radius 3 is 2.77 bits per heavy atom. The molecular formula is C8H10Cl2N2O. The van der Waals surface area contributed by atoms with Crippen molar-refractivity contribution < 1.29 is 4.74 Å². The minimum absolute atomic E-state index is 0.241. The molecule has 0 fully saturated rings. The van der Waals surface area contributed by atoms with Crippen LogP contribution in [0.15, 0.2) is 6.07 Å². The number of alkyl halides is 1. The summed E-state index contributed by atoms with van der Waals surface area (Å²) >= 11 is 11.6. The lowest BCUT2D eigenvalue weighted by Gasteiger charge is -2.05. The molecule has 1 aromatic rings. The lowest BCUT2D eigenvalue weighted by atomic mass is 10.4. The Hall–Kier alpha value is -0.380. The Labute approximate surface area is 87.1 Å². The largest absolute Gasteiger partial charge is 0.378 e. The number of hydrogen-bond donors (Lipinski definition) is 0. The van der Waals surface area contributed by atoms with E-state index in [0.717, 1.165) is 5.69 Å². The number of aromatic nitrogens is 2. The number of methoxy groups -OCH3 is 1. The fourth-order valence-corrected chi connectivity index (χ4v) is 1.19. The van der Waals surface area contributed by atoms with Gasteiger partial charge in [0.1, 0.15) is 11.0 Å². The van der Waals surface area contributed by atoms with Crippen LogP contribution in [-0.4, -0.2) is 17.1 Å². The van der Waals surface area contributed by atoms with Crippen molar-refractivity contribution in [2.45, 2.75) is 18.9 Å². The van der Waals surface area contributed by atoms with Crippen LogP contribution in [0.5, 0.6) is 0 Å². The van der Waals surface area contributed by atoms with Gasteiger partial charge in [0.15, 0.2) is 0 Å². The van der Waals surface area contributed by atoms with Crippen LogP contribution >= 0.6 is 23.2 Å². The smallest absolute Gasteiger partial charge is 0.147 e. The van der Waals surface area contributed by atoms with Crippen LogP contribution in [0, 0.1) is 0 Å². The zero-order valence-corrected chi connectivity index (χ0v) is 8.93. The first kappa shape index (κ1) is 10.7. The average molecular weight is 221 g/mol. The molecule has 5 heteroatoms. The molecule has 1 atom stereocenters. The lowest BCUT2D eigenvalue weighted by molar-refractivity contribution is 0.181. The zero-order valence-electron chi connectivity index (χ0n) is 7.42. The van der Waals surface area contributed by atoms with Crippen LogP contribution in [-0.2, 0) is 11.3 Å². The monoisotopic (exact) mass is 220 g/mol. The molecule has 0 aromatic carbocycles. The summed E-state index contributed by atoms with van der Waals surface area (Å²) in [5.74, 6) is 0.529. The van der Waals surface area contributed by atoms with Crippen molar-refractivity contribution in [3.05, 3.63) is 22.7 Å². The standard InChI is InChI=1S/C8H10Cl2N2O/c1-5(9)8-11-6(4-13-2)3-7(10)12-8/h3,5H,4H2,1-2H3. The first-order chi connectivity index (χ1) is 6.13. The van der Waals surface area contributed by atoms with E-state index in [9.17, 15) is 0 Å². The molecule has 0 spiro atoms. The van der Waals surface area contributed by atoms with E-state index < -0.39 is 0 Å². The van der Waals surface area contributed by atoms with Crippen molar-refractivity contribution in [2.24, 2.45) is 0 Å². The minimum atomic E-state index is -0.241. The topological polar surface area (TPSA) is 35.0 Å². The maximum absolute atomic E-state index is 5.82. The summed E-state index contributed by atoms with van der Waals surface area (Å²) in [7, 11) is 1.60. The average Bonchev–Trinajstić information content (AvgIpc) is 2.03. The summed E-state index contributed by atoms with van der Waals surface area (Å²) in [4.78, 5) is 8.15. The number of nitrogens with zero attached hydrogens (tertiary/aromatic N) is 2. The van der Waals surface area contributed by atoms with Gasteiger partial charge in [-0.15, -0.1) is 11.6 Å². The molecule has 0 saturated carbocycles. The van der Waals surface area contributed by atoms with Gasteiger partial charge in [-0.05, 0) is 13.0 Å². The predicted molar refractivity (Wildman–Crippen MR) is 52.0 cm³/mol. The molecule has 0 N–H and O–H groups in total. The molecule has 0 aliphatic rings. The molecule has 0 saturated heterocycles. The van der Waals surface area contributed by atoms with Crippen molar-refractivity contribution in [3.8, 4) is 0 Å². The second kappa shape index (κ2) is 4.74. The zero-order chi connectivity index (χ0) is 9.84. The summed E-state index contributed by atoms with van der Waals surface area (Å²) in [5.41, 5.74) is 0.741. The molecule has 1 heterocycles. The second-order valence-electron chi connectivity index (χ2n) is 2.59. The Morgan fingerprint density at radius 2 is 2.23 bits per heavy atom. The van der Waals surface area contributed by atoms with Gasteiger partial charge in [0.2, 0.25) is 0 Å². The molecule has 1 aromatic heterocycles. The molecular weight excluding hydrogens is 211 g/mol. The molecule has 0 amide bonds. The minimum Gasteiger partial charge on any atom is -0.378 e. The van der Waals surface area contributed by atoms with E-state index in [-0.39, 0.29) is 5.38 Å². The SMILES string of the molecule is COCc1cc(Cl)nc(C(C)Cl)n1. The van der Waals surface area contributed by atoms with Crippen molar-refractivity contribution in [1.82, 2.24) is 9.97 Å². The van der Waals surface area contributed by atoms with Gasteiger partial charge in [0.25, 0.3) is 0 Å². The number of hydrogen-bond acceptors (Lipinski definition) is 3. The van der Waals surface area contributed by atoms with Crippen LogP contribution in [0.25, 0.3) is 0 Å². The van der Waals surface area contributed by atoms with E-state index in [0.29, 0.717) is 17.6 Å². The highest BCUT2D eigenvalue weighted by Gasteiger charge is 2.07. The number of rotatable bonds is 3. The van der Waals surface area contributed by atoms with Gasteiger partial charge < -0.3 is 4.74 Å². The first-order valence-electron chi connectivity index (χ1n) is 3.80. The molecule has 0 radical (unpaired) electrons. The van der Waals surface area contributed by atoms with Gasteiger partial charge in [-0.2, -0.15) is 0 Å². The van der Waals surface area contributed by atoms with Crippen molar-refractivity contribution in [1.29, 1.82) is 0 Å².